The predicted octanol–water partition coefficient (Wildman–Crippen LogP) is 2.96. The van der Waals surface area contributed by atoms with E-state index in [2.05, 4.69) is 26.5 Å². The number of nitrogens with zero attached hydrogens (tertiary/aromatic N) is 6. The van der Waals surface area contributed by atoms with Gasteiger partial charge in [-0.1, -0.05) is 29.7 Å². The minimum atomic E-state index is 0.172. The molecular formula is C21H24N6OS. The van der Waals surface area contributed by atoms with E-state index in [1.54, 1.807) is 16.0 Å². The first kappa shape index (κ1) is 18.3. The third kappa shape index (κ3) is 3.64. The zero-order chi connectivity index (χ0) is 19.6. The summed E-state index contributed by atoms with van der Waals surface area (Å²) < 4.78 is 1.76. The Labute approximate surface area is 173 Å². The number of fused-ring (bicyclic) bond motifs is 1. The maximum Gasteiger partial charge on any atom is 0.264 e. The van der Waals surface area contributed by atoms with E-state index >= 15 is 0 Å². The van der Waals surface area contributed by atoms with Crippen molar-refractivity contribution >= 4 is 23.2 Å². The monoisotopic (exact) mass is 408 g/mol. The number of benzene rings is 1. The summed E-state index contributed by atoms with van der Waals surface area (Å²) in [5, 5.41) is 12.2. The zero-order valence-corrected chi connectivity index (χ0v) is 17.1. The van der Waals surface area contributed by atoms with Crippen molar-refractivity contribution in [2.45, 2.75) is 32.1 Å². The number of para-hydroxylation sites is 1. The smallest absolute Gasteiger partial charge is 0.264 e. The van der Waals surface area contributed by atoms with Crippen LogP contribution in [0.3, 0.4) is 0 Å². The lowest BCUT2D eigenvalue weighted by Crippen LogP contribution is -2.49. The van der Waals surface area contributed by atoms with Gasteiger partial charge in [0.25, 0.3) is 5.91 Å². The van der Waals surface area contributed by atoms with Crippen molar-refractivity contribution in [1.82, 2.24) is 25.1 Å². The molecule has 1 aliphatic heterocycles. The highest BCUT2D eigenvalue weighted by Crippen LogP contribution is 2.30. The lowest BCUT2D eigenvalue weighted by Gasteiger charge is -2.34. The highest BCUT2D eigenvalue weighted by atomic mass is 32.1. The van der Waals surface area contributed by atoms with Gasteiger partial charge in [-0.15, -0.1) is 11.3 Å². The molecule has 2 aliphatic rings. The van der Waals surface area contributed by atoms with Crippen LogP contribution in [-0.4, -0.2) is 57.2 Å². The molecule has 0 radical (unpaired) electrons. The molecule has 0 atom stereocenters. The van der Waals surface area contributed by atoms with E-state index in [0.29, 0.717) is 13.1 Å². The summed E-state index contributed by atoms with van der Waals surface area (Å²) in [6.45, 7) is 2.82. The van der Waals surface area contributed by atoms with Gasteiger partial charge >= 0.3 is 0 Å². The molecule has 0 spiro atoms. The van der Waals surface area contributed by atoms with Gasteiger partial charge in [-0.3, -0.25) is 4.79 Å². The number of hydrogen-bond donors (Lipinski definition) is 0. The Morgan fingerprint density at radius 1 is 0.966 bits per heavy atom. The number of piperazine rings is 1. The summed E-state index contributed by atoms with van der Waals surface area (Å²) in [6, 6.07) is 12.0. The Balaban J connectivity index is 1.27. The van der Waals surface area contributed by atoms with Crippen molar-refractivity contribution in [3.05, 3.63) is 51.7 Å². The van der Waals surface area contributed by atoms with E-state index in [1.165, 1.54) is 29.7 Å². The minimum absolute atomic E-state index is 0.172. The summed E-state index contributed by atoms with van der Waals surface area (Å²) >= 11 is 1.71. The van der Waals surface area contributed by atoms with Crippen molar-refractivity contribution < 1.29 is 4.79 Å². The van der Waals surface area contributed by atoms with Crippen LogP contribution in [0.15, 0.2) is 36.4 Å². The van der Waals surface area contributed by atoms with Crippen LogP contribution in [0.4, 0.5) is 5.95 Å². The highest BCUT2D eigenvalue weighted by molar-refractivity contribution is 7.14. The Morgan fingerprint density at radius 3 is 2.59 bits per heavy atom. The Bertz CT molecular complexity index is 966. The molecule has 1 fully saturated rings. The molecule has 1 aliphatic carbocycles. The average Bonchev–Trinajstić information content (AvgIpc) is 3.36. The Hall–Kier alpha value is -2.74. The molecule has 29 heavy (non-hydrogen) atoms. The number of rotatable bonds is 3. The second-order valence-corrected chi connectivity index (χ2v) is 8.76. The van der Waals surface area contributed by atoms with Crippen molar-refractivity contribution in [2.24, 2.45) is 0 Å². The van der Waals surface area contributed by atoms with E-state index in [-0.39, 0.29) is 5.91 Å². The normalized spacial score (nSPS) is 17.1. The predicted molar refractivity (Wildman–Crippen MR) is 113 cm³/mol. The van der Waals surface area contributed by atoms with Crippen molar-refractivity contribution in [1.29, 1.82) is 0 Å². The van der Waals surface area contributed by atoms with Crippen molar-refractivity contribution in [3.63, 3.8) is 0 Å². The summed E-state index contributed by atoms with van der Waals surface area (Å²) in [7, 11) is 0. The van der Waals surface area contributed by atoms with E-state index in [9.17, 15) is 4.79 Å². The molecule has 150 valence electrons. The third-order valence-electron chi connectivity index (χ3n) is 5.76. The number of aryl methyl sites for hydroxylation is 2. The maximum absolute atomic E-state index is 13.1. The van der Waals surface area contributed by atoms with E-state index in [1.807, 2.05) is 35.2 Å². The molecule has 3 heterocycles. The first-order chi connectivity index (χ1) is 14.3. The van der Waals surface area contributed by atoms with Crippen LogP contribution in [0, 0.1) is 0 Å². The summed E-state index contributed by atoms with van der Waals surface area (Å²) in [6.07, 6.45) is 6.04. The van der Waals surface area contributed by atoms with Crippen LogP contribution in [0.5, 0.6) is 0 Å². The standard InChI is InChI=1S/C21H24N6OS/c28-20(19-15-16-7-3-1-6-10-18(16)29-19)25-11-13-26(14-12-25)21-22-23-24-27(21)17-8-4-2-5-9-17/h2,4-5,8-9,15H,1,3,6-7,10-14H2. The zero-order valence-electron chi connectivity index (χ0n) is 16.3. The van der Waals surface area contributed by atoms with E-state index < -0.39 is 0 Å². The van der Waals surface area contributed by atoms with E-state index in [4.69, 9.17) is 0 Å². The quantitative estimate of drug-likeness (QED) is 0.624. The van der Waals surface area contributed by atoms with Crippen LogP contribution in [-0.2, 0) is 12.8 Å². The summed E-state index contributed by atoms with van der Waals surface area (Å²) in [5.41, 5.74) is 2.34. The van der Waals surface area contributed by atoms with Gasteiger partial charge < -0.3 is 9.80 Å². The average molecular weight is 409 g/mol. The highest BCUT2D eigenvalue weighted by Gasteiger charge is 2.27. The van der Waals surface area contributed by atoms with Crippen LogP contribution >= 0.6 is 11.3 Å². The van der Waals surface area contributed by atoms with Crippen LogP contribution < -0.4 is 4.90 Å². The maximum atomic E-state index is 13.1. The van der Waals surface area contributed by atoms with Crippen LogP contribution in [0.2, 0.25) is 0 Å². The first-order valence-corrected chi connectivity index (χ1v) is 11.1. The summed E-state index contributed by atoms with van der Waals surface area (Å²) in [4.78, 5) is 19.5. The van der Waals surface area contributed by atoms with Gasteiger partial charge in [0.15, 0.2) is 0 Å². The molecule has 1 aromatic carbocycles. The van der Waals surface area contributed by atoms with Crippen LogP contribution in [0.1, 0.15) is 39.4 Å². The van der Waals surface area contributed by atoms with Crippen LogP contribution in [0.25, 0.3) is 5.69 Å². The molecule has 5 rings (SSSR count). The SMILES string of the molecule is O=C(c1cc2c(s1)CCCCC2)N1CCN(c2nnnn2-c2ccccc2)CC1. The second-order valence-electron chi connectivity index (χ2n) is 7.63. The van der Waals surface area contributed by atoms with Crippen molar-refractivity contribution in [3.8, 4) is 5.69 Å². The molecule has 0 bridgehead atoms. The number of thiophene rings is 1. The number of anilines is 1. The molecule has 1 saturated heterocycles. The van der Waals surface area contributed by atoms with Gasteiger partial charge in [0, 0.05) is 31.1 Å². The number of amides is 1. The van der Waals surface area contributed by atoms with Gasteiger partial charge in [-0.25, -0.2) is 0 Å². The second kappa shape index (κ2) is 7.94. The number of carbonyl (C=O) groups is 1. The van der Waals surface area contributed by atoms with Gasteiger partial charge in [-0.2, -0.15) is 4.68 Å². The van der Waals surface area contributed by atoms with Gasteiger partial charge in [-0.05, 0) is 59.9 Å². The fourth-order valence-corrected chi connectivity index (χ4v) is 5.38. The van der Waals surface area contributed by atoms with Gasteiger partial charge in [0.05, 0.1) is 10.6 Å². The van der Waals surface area contributed by atoms with Gasteiger partial charge in [0.1, 0.15) is 0 Å². The molecular weight excluding hydrogens is 384 g/mol. The number of hydrogen-bond acceptors (Lipinski definition) is 6. The third-order valence-corrected chi connectivity index (χ3v) is 6.99. The summed E-state index contributed by atoms with van der Waals surface area (Å²) in [5.74, 6) is 0.900. The van der Waals surface area contributed by atoms with Gasteiger partial charge in [0.2, 0.25) is 5.95 Å². The number of aromatic nitrogens is 4. The molecule has 2 aromatic heterocycles. The molecule has 0 saturated carbocycles. The molecule has 8 heteroatoms. The lowest BCUT2D eigenvalue weighted by atomic mass is 10.1. The van der Waals surface area contributed by atoms with Crippen molar-refractivity contribution in [2.75, 3.05) is 31.1 Å². The first-order valence-electron chi connectivity index (χ1n) is 10.3. The molecule has 3 aromatic rings. The molecule has 1 amide bonds. The molecule has 7 nitrogen and oxygen atoms in total. The Kier molecular flexibility index (Phi) is 5.01. The fraction of sp³-hybridized carbons (Fsp3) is 0.429. The number of tetrazole rings is 1. The van der Waals surface area contributed by atoms with E-state index in [0.717, 1.165) is 42.4 Å². The largest absolute Gasteiger partial charge is 0.336 e. The fourth-order valence-electron chi connectivity index (χ4n) is 4.15. The topological polar surface area (TPSA) is 67.2 Å². The molecule has 0 unspecified atom stereocenters. The number of carbonyl (C=O) groups excluding carboxylic acids is 1. The molecule has 0 N–H and O–H groups in total. The minimum Gasteiger partial charge on any atom is -0.336 e. The lowest BCUT2D eigenvalue weighted by molar-refractivity contribution is 0.0751. The Morgan fingerprint density at radius 2 is 1.76 bits per heavy atom.